The van der Waals surface area contributed by atoms with E-state index in [1.54, 1.807) is 6.33 Å². The van der Waals surface area contributed by atoms with Gasteiger partial charge in [0.15, 0.2) is 5.82 Å². The van der Waals surface area contributed by atoms with Crippen molar-refractivity contribution in [1.29, 1.82) is 0 Å². The van der Waals surface area contributed by atoms with E-state index in [4.69, 9.17) is 12.2 Å². The lowest BCUT2D eigenvalue weighted by Crippen LogP contribution is -2.34. The normalized spacial score (nSPS) is 16.2. The zero-order chi connectivity index (χ0) is 6.97. The first kappa shape index (κ1) is 5.79. The SMILES string of the molecule is S=C1NCCn2cnnc21. The van der Waals surface area contributed by atoms with Crippen LogP contribution in [0.3, 0.4) is 0 Å². The molecule has 0 spiro atoms. The molecule has 0 aliphatic carbocycles. The first-order chi connectivity index (χ1) is 4.88. The van der Waals surface area contributed by atoms with Crippen molar-refractivity contribution in [3.63, 3.8) is 0 Å². The van der Waals surface area contributed by atoms with Crippen LogP contribution in [0.15, 0.2) is 6.33 Å². The summed E-state index contributed by atoms with van der Waals surface area (Å²) < 4.78 is 1.94. The van der Waals surface area contributed by atoms with E-state index in [0.29, 0.717) is 4.99 Å². The average Bonchev–Trinajstić information content (AvgIpc) is 2.36. The average molecular weight is 154 g/mol. The van der Waals surface area contributed by atoms with Crippen LogP contribution in [0.25, 0.3) is 0 Å². The van der Waals surface area contributed by atoms with Gasteiger partial charge in [-0.25, -0.2) is 0 Å². The van der Waals surface area contributed by atoms with E-state index in [1.165, 1.54) is 0 Å². The smallest absolute Gasteiger partial charge is 0.191 e. The fourth-order valence-electron chi connectivity index (χ4n) is 0.963. The highest BCUT2D eigenvalue weighted by Crippen LogP contribution is 1.99. The molecule has 1 aromatic rings. The first-order valence-corrected chi connectivity index (χ1v) is 3.45. The van der Waals surface area contributed by atoms with Crippen LogP contribution in [0.4, 0.5) is 0 Å². The van der Waals surface area contributed by atoms with E-state index < -0.39 is 0 Å². The minimum absolute atomic E-state index is 0.698. The maximum absolute atomic E-state index is 4.98. The zero-order valence-corrected chi connectivity index (χ0v) is 6.06. The Hall–Kier alpha value is -0.970. The topological polar surface area (TPSA) is 42.7 Å². The number of nitrogens with one attached hydrogen (secondary N) is 1. The van der Waals surface area contributed by atoms with Crippen LogP contribution in [-0.2, 0) is 6.54 Å². The van der Waals surface area contributed by atoms with Gasteiger partial charge in [-0.1, -0.05) is 12.2 Å². The maximum atomic E-state index is 4.98. The van der Waals surface area contributed by atoms with Crippen LogP contribution in [-0.4, -0.2) is 26.3 Å². The molecule has 1 N–H and O–H groups in total. The van der Waals surface area contributed by atoms with Crippen molar-refractivity contribution >= 4 is 17.2 Å². The fraction of sp³-hybridized carbons (Fsp3) is 0.400. The molecule has 1 aliphatic rings. The number of rotatable bonds is 0. The quantitative estimate of drug-likeness (QED) is 0.514. The van der Waals surface area contributed by atoms with E-state index in [9.17, 15) is 0 Å². The lowest BCUT2D eigenvalue weighted by molar-refractivity contribution is 0.639. The molecule has 0 bridgehead atoms. The van der Waals surface area contributed by atoms with Gasteiger partial charge in [-0.05, 0) is 0 Å². The highest BCUT2D eigenvalue weighted by molar-refractivity contribution is 7.80. The van der Waals surface area contributed by atoms with Gasteiger partial charge in [-0.3, -0.25) is 0 Å². The van der Waals surface area contributed by atoms with Crippen molar-refractivity contribution in [3.05, 3.63) is 12.2 Å². The van der Waals surface area contributed by atoms with Crippen LogP contribution in [0.2, 0.25) is 0 Å². The molecule has 52 valence electrons. The van der Waals surface area contributed by atoms with Gasteiger partial charge in [0.1, 0.15) is 11.3 Å². The minimum atomic E-state index is 0.698. The first-order valence-electron chi connectivity index (χ1n) is 3.04. The molecule has 10 heavy (non-hydrogen) atoms. The van der Waals surface area contributed by atoms with Crippen molar-refractivity contribution in [2.45, 2.75) is 6.54 Å². The molecule has 0 fully saturated rings. The summed E-state index contributed by atoms with van der Waals surface area (Å²) in [6, 6.07) is 0. The molecule has 1 aliphatic heterocycles. The van der Waals surface area contributed by atoms with E-state index >= 15 is 0 Å². The summed E-state index contributed by atoms with van der Waals surface area (Å²) in [7, 11) is 0. The molecule has 5 heteroatoms. The van der Waals surface area contributed by atoms with Gasteiger partial charge < -0.3 is 9.88 Å². The molecule has 0 saturated carbocycles. The second-order valence-corrected chi connectivity index (χ2v) is 2.51. The van der Waals surface area contributed by atoms with Gasteiger partial charge in [0.05, 0.1) is 0 Å². The summed E-state index contributed by atoms with van der Waals surface area (Å²) in [4.78, 5) is 0.698. The van der Waals surface area contributed by atoms with Crippen LogP contribution in [0.1, 0.15) is 5.82 Å². The summed E-state index contributed by atoms with van der Waals surface area (Å²) in [6.45, 7) is 1.78. The summed E-state index contributed by atoms with van der Waals surface area (Å²) in [5.74, 6) is 0.779. The van der Waals surface area contributed by atoms with Crippen molar-refractivity contribution in [1.82, 2.24) is 20.1 Å². The molecule has 4 nitrogen and oxygen atoms in total. The summed E-state index contributed by atoms with van der Waals surface area (Å²) in [5, 5.41) is 10.6. The summed E-state index contributed by atoms with van der Waals surface area (Å²) in [5.41, 5.74) is 0. The lowest BCUT2D eigenvalue weighted by Gasteiger charge is -2.14. The van der Waals surface area contributed by atoms with Gasteiger partial charge in [0.2, 0.25) is 0 Å². The standard InChI is InChI=1S/C5H6N4S/c10-5-4-8-7-3-9(4)2-1-6-5/h3H,1-2H2,(H,6,10). The fourth-order valence-corrected chi connectivity index (χ4v) is 1.22. The molecule has 0 atom stereocenters. The van der Waals surface area contributed by atoms with Gasteiger partial charge in [-0.2, -0.15) is 0 Å². The van der Waals surface area contributed by atoms with Crippen LogP contribution in [0, 0.1) is 0 Å². The van der Waals surface area contributed by atoms with Gasteiger partial charge in [0, 0.05) is 13.1 Å². The van der Waals surface area contributed by atoms with Crippen molar-refractivity contribution in [2.24, 2.45) is 0 Å². The van der Waals surface area contributed by atoms with Gasteiger partial charge in [-0.15, -0.1) is 10.2 Å². The third-order valence-electron chi connectivity index (χ3n) is 1.46. The molecular weight excluding hydrogens is 148 g/mol. The van der Waals surface area contributed by atoms with Gasteiger partial charge in [0.25, 0.3) is 0 Å². The lowest BCUT2D eigenvalue weighted by atomic mass is 10.4. The molecule has 0 unspecified atom stereocenters. The predicted octanol–water partition coefficient (Wildman–Crippen LogP) is -0.443. The van der Waals surface area contributed by atoms with Crippen LogP contribution in [0.5, 0.6) is 0 Å². The highest BCUT2D eigenvalue weighted by Gasteiger charge is 2.13. The Labute approximate surface area is 63.3 Å². The Morgan fingerprint density at radius 3 is 3.40 bits per heavy atom. The molecule has 0 amide bonds. The largest absolute Gasteiger partial charge is 0.371 e. The summed E-state index contributed by atoms with van der Waals surface area (Å²) in [6.07, 6.45) is 1.70. The van der Waals surface area contributed by atoms with E-state index in [0.717, 1.165) is 18.9 Å². The van der Waals surface area contributed by atoms with Crippen molar-refractivity contribution in [2.75, 3.05) is 6.54 Å². The Morgan fingerprint density at radius 2 is 2.60 bits per heavy atom. The highest BCUT2D eigenvalue weighted by atomic mass is 32.1. The molecule has 0 radical (unpaired) electrons. The summed E-state index contributed by atoms with van der Waals surface area (Å²) >= 11 is 4.98. The number of fused-ring (bicyclic) bond motifs is 1. The molecule has 2 heterocycles. The van der Waals surface area contributed by atoms with Crippen molar-refractivity contribution < 1.29 is 0 Å². The number of nitrogens with zero attached hydrogens (tertiary/aromatic N) is 3. The Balaban J connectivity index is 2.50. The van der Waals surface area contributed by atoms with E-state index in [-0.39, 0.29) is 0 Å². The number of hydrogen-bond acceptors (Lipinski definition) is 3. The Morgan fingerprint density at radius 1 is 1.70 bits per heavy atom. The Kier molecular flexibility index (Phi) is 1.17. The molecule has 1 aromatic heterocycles. The van der Waals surface area contributed by atoms with Crippen LogP contribution < -0.4 is 5.32 Å². The number of hydrogen-bond donors (Lipinski definition) is 1. The number of aromatic nitrogens is 3. The maximum Gasteiger partial charge on any atom is 0.191 e. The second-order valence-electron chi connectivity index (χ2n) is 2.10. The molecule has 0 aromatic carbocycles. The van der Waals surface area contributed by atoms with E-state index in [2.05, 4.69) is 15.5 Å². The second kappa shape index (κ2) is 2.02. The van der Waals surface area contributed by atoms with Gasteiger partial charge >= 0.3 is 0 Å². The number of thiocarbonyl (C=S) groups is 1. The Bertz CT molecular complexity index is 266. The third kappa shape index (κ3) is 0.706. The zero-order valence-electron chi connectivity index (χ0n) is 5.24. The molecule has 2 rings (SSSR count). The molecule has 0 saturated heterocycles. The minimum Gasteiger partial charge on any atom is -0.371 e. The third-order valence-corrected chi connectivity index (χ3v) is 1.78. The van der Waals surface area contributed by atoms with E-state index in [1.807, 2.05) is 4.57 Å². The van der Waals surface area contributed by atoms with Crippen molar-refractivity contribution in [3.8, 4) is 0 Å². The van der Waals surface area contributed by atoms with Crippen LogP contribution >= 0.6 is 12.2 Å². The monoisotopic (exact) mass is 154 g/mol. The predicted molar refractivity (Wildman–Crippen MR) is 39.7 cm³/mol. The molecular formula is C5H6N4S.